The summed E-state index contributed by atoms with van der Waals surface area (Å²) in [5.74, 6) is -0.721. The van der Waals surface area contributed by atoms with E-state index < -0.39 is 22.5 Å². The van der Waals surface area contributed by atoms with Gasteiger partial charge in [-0.2, -0.15) is 0 Å². The third-order valence-corrected chi connectivity index (χ3v) is 6.59. The molecule has 3 saturated carbocycles. The third kappa shape index (κ3) is 1.73. The van der Waals surface area contributed by atoms with E-state index in [1.165, 1.54) is 6.92 Å². The second-order valence-electron chi connectivity index (χ2n) is 8.06. The zero-order valence-corrected chi connectivity index (χ0v) is 13.5. The maximum absolute atomic E-state index is 11.5. The molecule has 0 aromatic heterocycles. The Hall–Kier alpha value is -0.910. The van der Waals surface area contributed by atoms with Gasteiger partial charge in [0.25, 0.3) is 0 Å². The highest BCUT2D eigenvalue weighted by Crippen LogP contribution is 2.71. The standard InChI is InChI=1S/C17H26O5/c1-9-12(20)5-11-6-16(4)13(22-10(2)19)7-15(3,8-18)14(16)17(9,11)21/h11-14,18,20-21H,1,5-8H2,2-4H3/t11-,12-,13-,14-,15-,16+,17+/m0/s1. The van der Waals surface area contributed by atoms with Gasteiger partial charge in [0, 0.05) is 30.3 Å². The average Bonchev–Trinajstić information content (AvgIpc) is 2.86. The van der Waals surface area contributed by atoms with E-state index in [9.17, 15) is 20.1 Å². The molecule has 3 aliphatic rings. The zero-order valence-electron chi connectivity index (χ0n) is 13.5. The fraction of sp³-hybridized carbons (Fsp3) is 0.824. The molecule has 3 N–H and O–H groups in total. The van der Waals surface area contributed by atoms with E-state index in [1.807, 2.05) is 13.8 Å². The summed E-state index contributed by atoms with van der Waals surface area (Å²) < 4.78 is 5.54. The second-order valence-corrected chi connectivity index (χ2v) is 8.06. The SMILES string of the molecule is C=C1[C@@H](O)C[C@H]2C[C@]3(C)[C@@H](OC(C)=O)C[C@@](C)(CO)[C@@H]3[C@@]12O. The van der Waals surface area contributed by atoms with E-state index in [0.29, 0.717) is 24.8 Å². The molecular formula is C17H26O5. The lowest BCUT2D eigenvalue weighted by molar-refractivity contribution is -0.152. The van der Waals surface area contributed by atoms with Gasteiger partial charge >= 0.3 is 5.97 Å². The monoisotopic (exact) mass is 310 g/mol. The van der Waals surface area contributed by atoms with Crippen LogP contribution >= 0.6 is 0 Å². The van der Waals surface area contributed by atoms with E-state index in [4.69, 9.17) is 4.74 Å². The minimum absolute atomic E-state index is 0.0938. The number of aliphatic hydroxyl groups is 3. The topological polar surface area (TPSA) is 87.0 Å². The van der Waals surface area contributed by atoms with Crippen LogP contribution in [0.3, 0.4) is 0 Å². The van der Waals surface area contributed by atoms with Crippen molar-refractivity contribution in [2.75, 3.05) is 6.61 Å². The fourth-order valence-corrected chi connectivity index (χ4v) is 5.88. The van der Waals surface area contributed by atoms with Gasteiger partial charge in [-0.05, 0) is 30.8 Å². The summed E-state index contributed by atoms with van der Waals surface area (Å²) in [4.78, 5) is 11.5. The summed E-state index contributed by atoms with van der Waals surface area (Å²) in [5, 5.41) is 31.5. The fourth-order valence-electron chi connectivity index (χ4n) is 5.88. The number of fused-ring (bicyclic) bond motifs is 3. The van der Waals surface area contributed by atoms with Crippen LogP contribution in [0.1, 0.15) is 40.0 Å². The van der Waals surface area contributed by atoms with Crippen molar-refractivity contribution in [1.29, 1.82) is 0 Å². The minimum atomic E-state index is -1.19. The maximum atomic E-state index is 11.5. The van der Waals surface area contributed by atoms with Crippen molar-refractivity contribution >= 4 is 5.97 Å². The molecule has 3 rings (SSSR count). The molecule has 5 heteroatoms. The van der Waals surface area contributed by atoms with Gasteiger partial charge in [-0.3, -0.25) is 4.79 Å². The van der Waals surface area contributed by atoms with Crippen molar-refractivity contribution in [3.8, 4) is 0 Å². The van der Waals surface area contributed by atoms with Gasteiger partial charge in [0.2, 0.25) is 0 Å². The van der Waals surface area contributed by atoms with Gasteiger partial charge in [0.05, 0.1) is 11.7 Å². The van der Waals surface area contributed by atoms with Crippen LogP contribution in [0.25, 0.3) is 0 Å². The van der Waals surface area contributed by atoms with Gasteiger partial charge in [0.1, 0.15) is 6.10 Å². The zero-order chi connectivity index (χ0) is 16.5. The molecule has 0 heterocycles. The molecule has 0 saturated heterocycles. The van der Waals surface area contributed by atoms with Crippen LogP contribution in [0.4, 0.5) is 0 Å². The first-order valence-corrected chi connectivity index (χ1v) is 7.97. The number of esters is 1. The Labute approximate surface area is 131 Å². The Kier molecular flexibility index (Phi) is 3.31. The minimum Gasteiger partial charge on any atom is -0.462 e. The number of ether oxygens (including phenoxy) is 1. The first-order valence-electron chi connectivity index (χ1n) is 7.97. The number of rotatable bonds is 2. The van der Waals surface area contributed by atoms with Gasteiger partial charge in [-0.15, -0.1) is 0 Å². The molecule has 22 heavy (non-hydrogen) atoms. The third-order valence-electron chi connectivity index (χ3n) is 6.59. The van der Waals surface area contributed by atoms with E-state index >= 15 is 0 Å². The maximum Gasteiger partial charge on any atom is 0.302 e. The summed E-state index contributed by atoms with van der Waals surface area (Å²) >= 11 is 0. The molecule has 0 aromatic rings. The number of hydrogen-bond donors (Lipinski definition) is 3. The summed E-state index contributed by atoms with van der Waals surface area (Å²) in [6, 6.07) is 0. The molecule has 3 aliphatic carbocycles. The van der Waals surface area contributed by atoms with Crippen molar-refractivity contribution in [3.63, 3.8) is 0 Å². The molecule has 0 unspecified atom stereocenters. The average molecular weight is 310 g/mol. The number of hydrogen-bond acceptors (Lipinski definition) is 5. The molecule has 5 nitrogen and oxygen atoms in total. The van der Waals surface area contributed by atoms with Crippen LogP contribution in [0.15, 0.2) is 12.2 Å². The molecule has 0 spiro atoms. The predicted octanol–water partition coefficient (Wildman–Crippen LogP) is 1.01. The molecular weight excluding hydrogens is 284 g/mol. The number of carbonyl (C=O) groups excluding carboxylic acids is 1. The Bertz CT molecular complexity index is 531. The molecule has 3 fully saturated rings. The Balaban J connectivity index is 2.08. The van der Waals surface area contributed by atoms with Crippen LogP contribution in [-0.2, 0) is 9.53 Å². The highest BCUT2D eigenvalue weighted by Gasteiger charge is 2.74. The van der Waals surface area contributed by atoms with Gasteiger partial charge < -0.3 is 20.1 Å². The van der Waals surface area contributed by atoms with Crippen LogP contribution in [0.5, 0.6) is 0 Å². The highest BCUT2D eigenvalue weighted by atomic mass is 16.5. The Morgan fingerprint density at radius 3 is 2.59 bits per heavy atom. The normalized spacial score (nSPS) is 53.5. The summed E-state index contributed by atoms with van der Waals surface area (Å²) in [6.07, 6.45) is 0.637. The Morgan fingerprint density at radius 2 is 2.05 bits per heavy atom. The van der Waals surface area contributed by atoms with Crippen molar-refractivity contribution in [2.45, 2.75) is 57.8 Å². The predicted molar refractivity (Wildman–Crippen MR) is 79.8 cm³/mol. The van der Waals surface area contributed by atoms with Crippen LogP contribution in [0, 0.1) is 22.7 Å². The molecule has 0 aliphatic heterocycles. The van der Waals surface area contributed by atoms with Crippen molar-refractivity contribution in [3.05, 3.63) is 12.2 Å². The summed E-state index contributed by atoms with van der Waals surface area (Å²) in [7, 11) is 0. The number of carbonyl (C=O) groups is 1. The molecule has 0 radical (unpaired) electrons. The summed E-state index contributed by atoms with van der Waals surface area (Å²) in [6.45, 7) is 9.19. The molecule has 0 amide bonds. The molecule has 0 aromatic carbocycles. The van der Waals surface area contributed by atoms with Crippen molar-refractivity contribution in [2.24, 2.45) is 22.7 Å². The summed E-state index contributed by atoms with van der Waals surface area (Å²) in [5.41, 5.74) is -1.72. The lowest BCUT2D eigenvalue weighted by Gasteiger charge is -2.42. The van der Waals surface area contributed by atoms with Gasteiger partial charge in [0.15, 0.2) is 0 Å². The van der Waals surface area contributed by atoms with Crippen LogP contribution in [0.2, 0.25) is 0 Å². The quantitative estimate of drug-likeness (QED) is 0.523. The molecule has 7 atom stereocenters. The van der Waals surface area contributed by atoms with E-state index in [0.717, 1.165) is 0 Å². The lowest BCUT2D eigenvalue weighted by Crippen LogP contribution is -2.48. The smallest absolute Gasteiger partial charge is 0.302 e. The molecule has 0 bridgehead atoms. The van der Waals surface area contributed by atoms with Crippen LogP contribution in [-0.4, -0.2) is 45.7 Å². The Morgan fingerprint density at radius 1 is 1.41 bits per heavy atom. The van der Waals surface area contributed by atoms with Crippen molar-refractivity contribution in [1.82, 2.24) is 0 Å². The largest absolute Gasteiger partial charge is 0.462 e. The van der Waals surface area contributed by atoms with Gasteiger partial charge in [-0.25, -0.2) is 0 Å². The van der Waals surface area contributed by atoms with E-state index in [2.05, 4.69) is 6.58 Å². The number of aliphatic hydroxyl groups excluding tert-OH is 2. The first kappa shape index (κ1) is 16.0. The van der Waals surface area contributed by atoms with E-state index in [1.54, 1.807) is 0 Å². The molecule has 124 valence electrons. The highest BCUT2D eigenvalue weighted by molar-refractivity contribution is 5.66. The van der Waals surface area contributed by atoms with Crippen molar-refractivity contribution < 1.29 is 24.9 Å². The van der Waals surface area contributed by atoms with E-state index in [-0.39, 0.29) is 30.5 Å². The second kappa shape index (κ2) is 4.56. The van der Waals surface area contributed by atoms with Gasteiger partial charge in [-0.1, -0.05) is 20.4 Å². The first-order chi connectivity index (χ1) is 10.1. The van der Waals surface area contributed by atoms with Crippen LogP contribution < -0.4 is 0 Å². The lowest BCUT2D eigenvalue weighted by atomic mass is 9.65.